The van der Waals surface area contributed by atoms with Crippen LogP contribution in [0.4, 0.5) is 0 Å². The first-order chi connectivity index (χ1) is 16.2. The van der Waals surface area contributed by atoms with E-state index < -0.39 is 0 Å². The molecule has 7 aromatic rings. The Bertz CT molecular complexity index is 1870. The van der Waals surface area contributed by atoms with Gasteiger partial charge in [-0.15, -0.1) is 0 Å². The van der Waals surface area contributed by atoms with Crippen LogP contribution >= 0.6 is 30.1 Å². The Labute approximate surface area is 207 Å². The molecule has 0 unspecified atom stereocenters. The maximum atomic E-state index is 4.98. The van der Waals surface area contributed by atoms with Crippen molar-refractivity contribution in [3.05, 3.63) is 78.5 Å². The molecule has 0 aliphatic heterocycles. The fraction of sp³-hybridized carbons (Fsp3) is 0.138. The van der Waals surface area contributed by atoms with Crippen molar-refractivity contribution in [1.29, 1.82) is 0 Å². The van der Waals surface area contributed by atoms with Crippen LogP contribution in [-0.4, -0.2) is 9.38 Å². The van der Waals surface area contributed by atoms with Gasteiger partial charge in [0, 0.05) is 53.8 Å². The maximum Gasteiger partial charge on any atom is 0.0823 e. The van der Waals surface area contributed by atoms with Gasteiger partial charge < -0.3 is 4.40 Å². The van der Waals surface area contributed by atoms with E-state index in [-0.39, 0.29) is 0 Å². The predicted molar refractivity (Wildman–Crippen MR) is 152 cm³/mol. The lowest BCUT2D eigenvalue weighted by Crippen LogP contribution is -2.02. The number of nitrogens with zero attached hydrogens (tertiary/aromatic N) is 2. The number of hydrogen-bond donors (Lipinski definition) is 0. The van der Waals surface area contributed by atoms with Gasteiger partial charge >= 0.3 is 0 Å². The van der Waals surface area contributed by atoms with Crippen LogP contribution in [0.1, 0.15) is 19.4 Å². The van der Waals surface area contributed by atoms with E-state index in [9.17, 15) is 0 Å². The second kappa shape index (κ2) is 7.21. The van der Waals surface area contributed by atoms with Gasteiger partial charge in [-0.1, -0.05) is 65.2 Å². The van der Waals surface area contributed by atoms with Crippen LogP contribution in [0.2, 0.25) is 0 Å². The summed E-state index contributed by atoms with van der Waals surface area (Å²) in [5.74, 6) is 0.554. The van der Waals surface area contributed by atoms with Gasteiger partial charge in [0.05, 0.1) is 22.1 Å². The monoisotopic (exact) mass is 556 g/mol. The van der Waals surface area contributed by atoms with Crippen molar-refractivity contribution >= 4 is 89.9 Å². The minimum absolute atomic E-state index is 0.554. The lowest BCUT2D eigenvalue weighted by molar-refractivity contribution is 0.652. The van der Waals surface area contributed by atoms with Crippen molar-refractivity contribution in [2.24, 2.45) is 5.92 Å². The topological polar surface area (TPSA) is 17.3 Å². The molecule has 3 aromatic heterocycles. The van der Waals surface area contributed by atoms with Crippen molar-refractivity contribution < 1.29 is 0 Å². The molecule has 0 saturated carbocycles. The third-order valence-electron chi connectivity index (χ3n) is 6.94. The summed E-state index contributed by atoms with van der Waals surface area (Å²) < 4.78 is 2.55. The summed E-state index contributed by atoms with van der Waals surface area (Å²) in [4.78, 5) is 6.30. The lowest BCUT2D eigenvalue weighted by Gasteiger charge is -2.18. The highest BCUT2D eigenvalue weighted by Crippen LogP contribution is 2.45. The number of hydrogen-bond acceptors (Lipinski definition) is 2. The zero-order chi connectivity index (χ0) is 22.3. The zero-order valence-corrected chi connectivity index (χ0v) is 21.4. The van der Waals surface area contributed by atoms with Crippen LogP contribution in [0.3, 0.4) is 0 Å². The van der Waals surface area contributed by atoms with E-state index in [4.69, 9.17) is 4.98 Å². The Balaban J connectivity index is 1.90. The standard InChI is InChI=1S/C29H21IN2S/c1-16(2)14-21-19-7-4-3-6-18(19)15-22-27-25-17(12-13-31-27)10-11-20-26-23(8-5-9-24(26)33-30)32(28(21)22)29(20)25/h3-13,15-16H,14H2,1-2H3. The molecule has 0 radical (unpaired) electrons. The highest BCUT2D eigenvalue weighted by molar-refractivity contribution is 14.2. The Hall–Kier alpha value is -2.57. The number of halogens is 1. The van der Waals surface area contributed by atoms with Crippen LogP contribution in [0.15, 0.2) is 77.8 Å². The SMILES string of the molecule is CC(C)Cc1c2ccccc2cc2c3nccc4ccc5c6c(SI)cccc6n(c12)c5c43. The molecule has 7 rings (SSSR count). The molecule has 0 aliphatic rings. The largest absolute Gasteiger partial charge is 0.308 e. The second-order valence-corrected chi connectivity index (χ2v) is 11.3. The van der Waals surface area contributed by atoms with Gasteiger partial charge in [0.1, 0.15) is 0 Å². The predicted octanol–water partition coefficient (Wildman–Crippen LogP) is 9.18. The quantitative estimate of drug-likeness (QED) is 0.123. The van der Waals surface area contributed by atoms with E-state index in [2.05, 4.69) is 106 Å². The maximum absolute atomic E-state index is 4.98. The Morgan fingerprint density at radius 2 is 1.73 bits per heavy atom. The summed E-state index contributed by atoms with van der Waals surface area (Å²) >= 11 is 2.42. The molecule has 3 heterocycles. The van der Waals surface area contributed by atoms with Gasteiger partial charge in [-0.3, -0.25) is 4.98 Å². The van der Waals surface area contributed by atoms with Gasteiger partial charge in [-0.2, -0.15) is 0 Å². The van der Waals surface area contributed by atoms with E-state index >= 15 is 0 Å². The van der Waals surface area contributed by atoms with Gasteiger partial charge in [0.25, 0.3) is 0 Å². The summed E-state index contributed by atoms with van der Waals surface area (Å²) in [5, 5.41) is 9.09. The van der Waals surface area contributed by atoms with E-state index in [1.54, 1.807) is 8.93 Å². The summed E-state index contributed by atoms with van der Waals surface area (Å²) in [6.07, 6.45) is 3.00. The molecule has 0 amide bonds. The first-order valence-electron chi connectivity index (χ1n) is 11.4. The average Bonchev–Trinajstić information content (AvgIpc) is 3.18. The molecule has 0 fully saturated rings. The second-order valence-electron chi connectivity index (χ2n) is 9.35. The molecule has 2 nitrogen and oxygen atoms in total. The van der Waals surface area contributed by atoms with Crippen LogP contribution in [-0.2, 0) is 6.42 Å². The molecule has 0 spiro atoms. The van der Waals surface area contributed by atoms with Crippen molar-refractivity contribution in [2.75, 3.05) is 0 Å². The molecular weight excluding hydrogens is 535 g/mol. The van der Waals surface area contributed by atoms with Gasteiger partial charge in [-0.05, 0) is 58.3 Å². The van der Waals surface area contributed by atoms with Gasteiger partial charge in [0.15, 0.2) is 0 Å². The third kappa shape index (κ3) is 2.65. The number of rotatable bonds is 3. The van der Waals surface area contributed by atoms with Crippen molar-refractivity contribution in [1.82, 2.24) is 9.38 Å². The van der Waals surface area contributed by atoms with E-state index in [1.165, 1.54) is 64.7 Å². The first kappa shape index (κ1) is 19.9. The Morgan fingerprint density at radius 3 is 2.58 bits per heavy atom. The number of benzene rings is 4. The van der Waals surface area contributed by atoms with Crippen molar-refractivity contribution in [2.45, 2.75) is 25.2 Å². The highest BCUT2D eigenvalue weighted by Gasteiger charge is 2.23. The summed E-state index contributed by atoms with van der Waals surface area (Å²) in [6, 6.07) is 24.7. The minimum atomic E-state index is 0.554. The minimum Gasteiger partial charge on any atom is -0.308 e. The van der Waals surface area contributed by atoms with E-state index in [1.807, 2.05) is 6.20 Å². The van der Waals surface area contributed by atoms with Gasteiger partial charge in [0.2, 0.25) is 0 Å². The van der Waals surface area contributed by atoms with E-state index in [0.29, 0.717) is 5.92 Å². The Kier molecular flexibility index (Phi) is 4.34. The molecule has 0 aliphatic carbocycles. The van der Waals surface area contributed by atoms with Gasteiger partial charge in [-0.25, -0.2) is 0 Å². The molecule has 0 bridgehead atoms. The molecule has 4 aromatic carbocycles. The normalized spacial score (nSPS) is 12.6. The summed E-state index contributed by atoms with van der Waals surface area (Å²) in [6.45, 7) is 4.64. The average molecular weight is 556 g/mol. The molecule has 33 heavy (non-hydrogen) atoms. The van der Waals surface area contributed by atoms with E-state index in [0.717, 1.165) is 11.9 Å². The number of fused-ring (bicyclic) bond motifs is 7. The van der Waals surface area contributed by atoms with Crippen molar-refractivity contribution in [3.63, 3.8) is 0 Å². The molecule has 4 heteroatoms. The summed E-state index contributed by atoms with van der Waals surface area (Å²) in [7, 11) is 1.80. The first-order valence-corrected chi connectivity index (χ1v) is 14.7. The molecule has 160 valence electrons. The van der Waals surface area contributed by atoms with Crippen LogP contribution in [0.5, 0.6) is 0 Å². The van der Waals surface area contributed by atoms with Crippen LogP contribution in [0, 0.1) is 5.92 Å². The Morgan fingerprint density at radius 1 is 0.848 bits per heavy atom. The molecular formula is C29H21IN2S. The molecule has 0 N–H and O–H groups in total. The fourth-order valence-electron chi connectivity index (χ4n) is 5.75. The zero-order valence-electron chi connectivity index (χ0n) is 18.4. The smallest absolute Gasteiger partial charge is 0.0823 e. The molecule has 0 saturated heterocycles. The van der Waals surface area contributed by atoms with Crippen LogP contribution in [0.25, 0.3) is 59.8 Å². The third-order valence-corrected chi connectivity index (χ3v) is 8.87. The fourth-order valence-corrected chi connectivity index (χ4v) is 7.27. The number of pyridine rings is 2. The summed E-state index contributed by atoms with van der Waals surface area (Å²) in [5.41, 5.74) is 6.45. The number of aromatic nitrogens is 2. The van der Waals surface area contributed by atoms with Crippen LogP contribution < -0.4 is 0 Å². The highest BCUT2D eigenvalue weighted by atomic mass is 127. The lowest BCUT2D eigenvalue weighted by atomic mass is 9.92. The molecule has 0 atom stereocenters. The van der Waals surface area contributed by atoms with Crippen molar-refractivity contribution in [3.8, 4) is 0 Å².